The van der Waals surface area contributed by atoms with Gasteiger partial charge in [-0.1, -0.05) is 12.1 Å². The first-order chi connectivity index (χ1) is 9.31. The Bertz CT molecular complexity index is 609. The number of imidazole rings is 1. The van der Waals surface area contributed by atoms with Gasteiger partial charge in [-0.2, -0.15) is 0 Å². The fraction of sp³-hybridized carbons (Fsp3) is 0.267. The molecular formula is C15H17N3S. The molecule has 0 aromatic carbocycles. The van der Waals surface area contributed by atoms with Gasteiger partial charge >= 0.3 is 0 Å². The van der Waals surface area contributed by atoms with Crippen molar-refractivity contribution in [1.29, 1.82) is 0 Å². The van der Waals surface area contributed by atoms with Crippen molar-refractivity contribution in [3.8, 4) is 0 Å². The number of hydrogen-bond donors (Lipinski definition) is 1. The van der Waals surface area contributed by atoms with Gasteiger partial charge in [-0.15, -0.1) is 11.3 Å². The maximum Gasteiger partial charge on any atom is 0.137 e. The summed E-state index contributed by atoms with van der Waals surface area (Å²) in [5.41, 5.74) is 2.09. The van der Waals surface area contributed by atoms with Gasteiger partial charge in [0.25, 0.3) is 0 Å². The van der Waals surface area contributed by atoms with Gasteiger partial charge in [-0.25, -0.2) is 4.98 Å². The number of pyridine rings is 1. The van der Waals surface area contributed by atoms with Crippen molar-refractivity contribution in [3.05, 3.63) is 58.7 Å². The fourth-order valence-electron chi connectivity index (χ4n) is 2.15. The highest BCUT2D eigenvalue weighted by molar-refractivity contribution is 7.09. The largest absolute Gasteiger partial charge is 0.308 e. The number of nitrogens with one attached hydrogen (secondary N) is 1. The van der Waals surface area contributed by atoms with Crippen LogP contribution in [0.1, 0.15) is 17.5 Å². The zero-order valence-corrected chi connectivity index (χ0v) is 11.7. The molecule has 4 heteroatoms. The number of aromatic nitrogens is 2. The normalized spacial score (nSPS) is 12.9. The van der Waals surface area contributed by atoms with Gasteiger partial charge in [0.15, 0.2) is 0 Å². The van der Waals surface area contributed by atoms with Crippen LogP contribution in [-0.2, 0) is 13.0 Å². The molecule has 1 unspecified atom stereocenters. The maximum atomic E-state index is 4.58. The molecule has 0 aliphatic carbocycles. The van der Waals surface area contributed by atoms with E-state index in [4.69, 9.17) is 0 Å². The summed E-state index contributed by atoms with van der Waals surface area (Å²) < 4.78 is 2.06. The van der Waals surface area contributed by atoms with Crippen molar-refractivity contribution in [2.45, 2.75) is 25.9 Å². The van der Waals surface area contributed by atoms with Crippen LogP contribution < -0.4 is 5.32 Å². The van der Waals surface area contributed by atoms with Crippen LogP contribution in [0.25, 0.3) is 5.65 Å². The molecule has 0 spiro atoms. The van der Waals surface area contributed by atoms with Crippen molar-refractivity contribution in [2.24, 2.45) is 0 Å². The lowest BCUT2D eigenvalue weighted by Crippen LogP contribution is -2.27. The lowest BCUT2D eigenvalue weighted by atomic mass is 10.2. The van der Waals surface area contributed by atoms with E-state index in [2.05, 4.69) is 45.3 Å². The molecule has 0 saturated heterocycles. The van der Waals surface area contributed by atoms with Crippen molar-refractivity contribution in [3.63, 3.8) is 0 Å². The molecule has 0 bridgehead atoms. The third kappa shape index (κ3) is 3.03. The van der Waals surface area contributed by atoms with Gasteiger partial charge < -0.3 is 9.72 Å². The molecule has 19 heavy (non-hydrogen) atoms. The van der Waals surface area contributed by atoms with Crippen LogP contribution in [0.3, 0.4) is 0 Å². The van der Waals surface area contributed by atoms with Crippen LogP contribution >= 0.6 is 11.3 Å². The Balaban J connectivity index is 1.59. The summed E-state index contributed by atoms with van der Waals surface area (Å²) in [7, 11) is 0. The van der Waals surface area contributed by atoms with E-state index in [-0.39, 0.29) is 0 Å². The van der Waals surface area contributed by atoms with Gasteiger partial charge in [0, 0.05) is 29.9 Å². The smallest absolute Gasteiger partial charge is 0.137 e. The Hall–Kier alpha value is -1.65. The molecule has 3 heterocycles. The van der Waals surface area contributed by atoms with Gasteiger partial charge in [-0.3, -0.25) is 0 Å². The minimum absolute atomic E-state index is 0.462. The Kier molecular flexibility index (Phi) is 3.62. The minimum Gasteiger partial charge on any atom is -0.308 e. The molecule has 0 saturated carbocycles. The monoisotopic (exact) mass is 271 g/mol. The van der Waals surface area contributed by atoms with Gasteiger partial charge in [0.2, 0.25) is 0 Å². The molecule has 1 N–H and O–H groups in total. The van der Waals surface area contributed by atoms with Crippen LogP contribution in [0.5, 0.6) is 0 Å². The van der Waals surface area contributed by atoms with Crippen LogP contribution in [0.15, 0.2) is 48.1 Å². The molecule has 3 nitrogen and oxygen atoms in total. The molecule has 0 amide bonds. The third-order valence-electron chi connectivity index (χ3n) is 3.13. The quantitative estimate of drug-likeness (QED) is 0.772. The van der Waals surface area contributed by atoms with E-state index >= 15 is 0 Å². The second-order valence-corrected chi connectivity index (χ2v) is 5.80. The SMILES string of the molecule is CC(Cc1cccs1)NCc1cn2ccccc2n1. The van der Waals surface area contributed by atoms with E-state index in [1.807, 2.05) is 35.7 Å². The summed E-state index contributed by atoms with van der Waals surface area (Å²) in [6, 6.07) is 10.8. The molecule has 3 aromatic heterocycles. The van der Waals surface area contributed by atoms with Crippen LogP contribution in [0.2, 0.25) is 0 Å². The molecular weight excluding hydrogens is 254 g/mol. The standard InChI is InChI=1S/C15H17N3S/c1-12(9-14-5-4-8-19-14)16-10-13-11-18-7-3-2-6-15(18)17-13/h2-8,11-12,16H,9-10H2,1H3. The molecule has 0 radical (unpaired) electrons. The first-order valence-electron chi connectivity index (χ1n) is 6.49. The Morgan fingerprint density at radius 2 is 2.26 bits per heavy atom. The zero-order valence-electron chi connectivity index (χ0n) is 10.9. The Morgan fingerprint density at radius 3 is 3.05 bits per heavy atom. The summed E-state index contributed by atoms with van der Waals surface area (Å²) in [4.78, 5) is 6.01. The summed E-state index contributed by atoms with van der Waals surface area (Å²) >= 11 is 1.82. The zero-order chi connectivity index (χ0) is 13.1. The van der Waals surface area contributed by atoms with Crippen molar-refractivity contribution in [1.82, 2.24) is 14.7 Å². The van der Waals surface area contributed by atoms with Gasteiger partial charge in [0.05, 0.1) is 5.69 Å². The fourth-order valence-corrected chi connectivity index (χ4v) is 2.99. The molecule has 3 rings (SSSR count). The maximum absolute atomic E-state index is 4.58. The van der Waals surface area contributed by atoms with E-state index in [9.17, 15) is 0 Å². The van der Waals surface area contributed by atoms with Crippen molar-refractivity contribution < 1.29 is 0 Å². The van der Waals surface area contributed by atoms with Gasteiger partial charge in [0.1, 0.15) is 5.65 Å². The second kappa shape index (κ2) is 5.55. The first-order valence-corrected chi connectivity index (χ1v) is 7.37. The highest BCUT2D eigenvalue weighted by Crippen LogP contribution is 2.11. The summed E-state index contributed by atoms with van der Waals surface area (Å²) in [5, 5.41) is 5.66. The van der Waals surface area contributed by atoms with Crippen LogP contribution in [0.4, 0.5) is 0 Å². The predicted molar refractivity (Wildman–Crippen MR) is 79.5 cm³/mol. The van der Waals surface area contributed by atoms with Crippen LogP contribution in [0, 0.1) is 0 Å². The Morgan fingerprint density at radius 1 is 1.32 bits per heavy atom. The lowest BCUT2D eigenvalue weighted by molar-refractivity contribution is 0.544. The molecule has 0 aliphatic rings. The highest BCUT2D eigenvalue weighted by Gasteiger charge is 2.06. The number of thiophene rings is 1. The molecule has 0 aliphatic heterocycles. The number of fused-ring (bicyclic) bond motifs is 1. The first kappa shape index (κ1) is 12.4. The average molecular weight is 271 g/mol. The van der Waals surface area contributed by atoms with Crippen molar-refractivity contribution in [2.75, 3.05) is 0 Å². The summed E-state index contributed by atoms with van der Waals surface area (Å²) in [6.45, 7) is 3.03. The molecule has 1 atom stereocenters. The van der Waals surface area contributed by atoms with E-state index in [0.717, 1.165) is 24.3 Å². The molecule has 98 valence electrons. The van der Waals surface area contributed by atoms with Gasteiger partial charge in [-0.05, 0) is 36.9 Å². The summed E-state index contributed by atoms with van der Waals surface area (Å²) in [6.07, 6.45) is 5.19. The summed E-state index contributed by atoms with van der Waals surface area (Å²) in [5.74, 6) is 0. The number of rotatable bonds is 5. The molecule has 0 fully saturated rings. The number of nitrogens with zero attached hydrogens (tertiary/aromatic N) is 2. The highest BCUT2D eigenvalue weighted by atomic mass is 32.1. The van der Waals surface area contributed by atoms with Crippen molar-refractivity contribution >= 4 is 17.0 Å². The predicted octanol–water partition coefficient (Wildman–Crippen LogP) is 3.12. The topological polar surface area (TPSA) is 29.3 Å². The second-order valence-electron chi connectivity index (χ2n) is 4.76. The lowest BCUT2D eigenvalue weighted by Gasteiger charge is -2.11. The van der Waals surface area contributed by atoms with E-state index < -0.39 is 0 Å². The van der Waals surface area contributed by atoms with E-state index in [0.29, 0.717) is 6.04 Å². The number of hydrogen-bond acceptors (Lipinski definition) is 3. The third-order valence-corrected chi connectivity index (χ3v) is 4.03. The minimum atomic E-state index is 0.462. The van der Waals surface area contributed by atoms with E-state index in [1.165, 1.54) is 4.88 Å². The molecule has 3 aromatic rings. The average Bonchev–Trinajstić information content (AvgIpc) is 3.04. The van der Waals surface area contributed by atoms with E-state index in [1.54, 1.807) is 0 Å². The van der Waals surface area contributed by atoms with Crippen LogP contribution in [-0.4, -0.2) is 15.4 Å². The Labute approximate surface area is 116 Å².